The van der Waals surface area contributed by atoms with Crippen molar-refractivity contribution in [3.05, 3.63) is 78.2 Å². The highest BCUT2D eigenvalue weighted by molar-refractivity contribution is 6.08. The molecule has 3 nitrogen and oxygen atoms in total. The van der Waals surface area contributed by atoms with Crippen LogP contribution in [0.5, 0.6) is 0 Å². The Balaban J connectivity index is 1.60. The molecule has 0 fully saturated rings. The average Bonchev–Trinajstić information content (AvgIpc) is 3.24. The molecule has 0 saturated carbocycles. The second kappa shape index (κ2) is 5.88. The summed E-state index contributed by atoms with van der Waals surface area (Å²) in [6.45, 7) is 3.15. The monoisotopic (exact) mass is 338 g/mol. The van der Waals surface area contributed by atoms with Crippen molar-refractivity contribution in [1.82, 2.24) is 9.55 Å². The average molecular weight is 338 g/mol. The number of benzene rings is 3. The lowest BCUT2D eigenvalue weighted by atomic mass is 10.1. The van der Waals surface area contributed by atoms with Crippen LogP contribution >= 0.6 is 0 Å². The van der Waals surface area contributed by atoms with Crippen molar-refractivity contribution in [3.8, 4) is 0 Å². The largest absolute Gasteiger partial charge is 0.437 e. The van der Waals surface area contributed by atoms with Crippen LogP contribution in [0.15, 0.2) is 71.1 Å². The van der Waals surface area contributed by atoms with Crippen LogP contribution in [-0.4, -0.2) is 9.55 Å². The van der Waals surface area contributed by atoms with Crippen LogP contribution in [0, 0.1) is 0 Å². The van der Waals surface area contributed by atoms with E-state index < -0.39 is 0 Å². The first-order valence-corrected chi connectivity index (χ1v) is 8.88. The number of para-hydroxylation sites is 3. The van der Waals surface area contributed by atoms with Crippen molar-refractivity contribution in [2.75, 3.05) is 0 Å². The van der Waals surface area contributed by atoms with E-state index in [-0.39, 0.29) is 0 Å². The molecule has 0 radical (unpaired) electrons. The lowest BCUT2D eigenvalue weighted by Crippen LogP contribution is -1.92. The van der Waals surface area contributed by atoms with Crippen molar-refractivity contribution in [1.29, 1.82) is 0 Å². The van der Waals surface area contributed by atoms with Gasteiger partial charge in [0.15, 0.2) is 5.58 Å². The third kappa shape index (κ3) is 2.32. The van der Waals surface area contributed by atoms with E-state index in [0.29, 0.717) is 5.89 Å². The molecule has 3 aromatic carbocycles. The molecule has 0 amide bonds. The zero-order valence-corrected chi connectivity index (χ0v) is 14.5. The second-order valence-electron chi connectivity index (χ2n) is 6.39. The number of nitrogens with zero attached hydrogens (tertiary/aromatic N) is 2. The summed E-state index contributed by atoms with van der Waals surface area (Å²) >= 11 is 0. The number of hydrogen-bond donors (Lipinski definition) is 0. The number of oxazole rings is 1. The van der Waals surface area contributed by atoms with E-state index in [0.717, 1.165) is 23.2 Å². The summed E-state index contributed by atoms with van der Waals surface area (Å²) in [5.74, 6) is 0.627. The van der Waals surface area contributed by atoms with Gasteiger partial charge >= 0.3 is 0 Å². The Morgan fingerprint density at radius 2 is 1.69 bits per heavy atom. The Morgan fingerprint density at radius 1 is 0.885 bits per heavy atom. The Bertz CT molecular complexity index is 1240. The van der Waals surface area contributed by atoms with Crippen LogP contribution in [0.3, 0.4) is 0 Å². The fourth-order valence-corrected chi connectivity index (χ4v) is 3.64. The maximum Gasteiger partial charge on any atom is 0.220 e. The van der Waals surface area contributed by atoms with Crippen molar-refractivity contribution < 1.29 is 4.42 Å². The number of hydrogen-bond acceptors (Lipinski definition) is 2. The van der Waals surface area contributed by atoms with Gasteiger partial charge in [0.2, 0.25) is 5.89 Å². The summed E-state index contributed by atoms with van der Waals surface area (Å²) < 4.78 is 8.13. The second-order valence-corrected chi connectivity index (χ2v) is 6.39. The number of rotatable bonds is 3. The van der Waals surface area contributed by atoms with Gasteiger partial charge in [-0.15, -0.1) is 0 Å². The first kappa shape index (κ1) is 15.0. The zero-order valence-electron chi connectivity index (χ0n) is 14.5. The molecule has 0 spiro atoms. The van der Waals surface area contributed by atoms with E-state index in [1.165, 1.54) is 21.8 Å². The van der Waals surface area contributed by atoms with Crippen molar-refractivity contribution >= 4 is 45.1 Å². The highest BCUT2D eigenvalue weighted by Crippen LogP contribution is 2.30. The SMILES string of the molecule is CCn1c2ccccc2c2cc(/C=C/c3nc4ccccc4o3)ccc21. The highest BCUT2D eigenvalue weighted by Gasteiger charge is 2.09. The van der Waals surface area contributed by atoms with Crippen molar-refractivity contribution in [2.45, 2.75) is 13.5 Å². The minimum Gasteiger partial charge on any atom is -0.437 e. The topological polar surface area (TPSA) is 31.0 Å². The quantitative estimate of drug-likeness (QED) is 0.396. The number of fused-ring (bicyclic) bond motifs is 4. The molecular weight excluding hydrogens is 320 g/mol. The molecule has 2 heterocycles. The van der Waals surface area contributed by atoms with Crippen molar-refractivity contribution in [2.24, 2.45) is 0 Å². The minimum absolute atomic E-state index is 0.627. The number of aryl methyl sites for hydroxylation is 1. The molecule has 126 valence electrons. The molecule has 0 aliphatic carbocycles. The molecule has 5 rings (SSSR count). The van der Waals surface area contributed by atoms with E-state index in [1.807, 2.05) is 30.3 Å². The summed E-state index contributed by atoms with van der Waals surface area (Å²) in [7, 11) is 0. The lowest BCUT2D eigenvalue weighted by molar-refractivity contribution is 0.590. The van der Waals surface area contributed by atoms with E-state index in [9.17, 15) is 0 Å². The summed E-state index contributed by atoms with van der Waals surface area (Å²) in [6.07, 6.45) is 3.99. The van der Waals surface area contributed by atoms with Gasteiger partial charge in [-0.25, -0.2) is 4.98 Å². The van der Waals surface area contributed by atoms with Crippen LogP contribution in [0.4, 0.5) is 0 Å². The van der Waals surface area contributed by atoms with Gasteiger partial charge in [0.25, 0.3) is 0 Å². The molecule has 0 bridgehead atoms. The Kier molecular flexibility index (Phi) is 3.39. The maximum atomic E-state index is 5.77. The molecule has 0 atom stereocenters. The predicted molar refractivity (Wildman–Crippen MR) is 108 cm³/mol. The Morgan fingerprint density at radius 3 is 2.58 bits per heavy atom. The Labute approximate surface area is 151 Å². The van der Waals surface area contributed by atoms with Crippen LogP contribution in [0.2, 0.25) is 0 Å². The van der Waals surface area contributed by atoms with E-state index in [4.69, 9.17) is 4.42 Å². The fourth-order valence-electron chi connectivity index (χ4n) is 3.64. The van der Waals surface area contributed by atoms with Gasteiger partial charge in [-0.05, 0) is 48.9 Å². The number of aromatic nitrogens is 2. The molecule has 3 heteroatoms. The minimum atomic E-state index is 0.627. The third-order valence-corrected chi connectivity index (χ3v) is 4.84. The molecule has 0 aliphatic rings. The predicted octanol–water partition coefficient (Wildman–Crippen LogP) is 6.13. The molecule has 0 N–H and O–H groups in total. The van der Waals surface area contributed by atoms with Crippen LogP contribution in [-0.2, 0) is 6.54 Å². The van der Waals surface area contributed by atoms with E-state index >= 15 is 0 Å². The Hall–Kier alpha value is -3.33. The maximum absolute atomic E-state index is 5.77. The van der Waals surface area contributed by atoms with Gasteiger partial charge in [-0.1, -0.05) is 36.4 Å². The third-order valence-electron chi connectivity index (χ3n) is 4.84. The summed E-state index contributed by atoms with van der Waals surface area (Å²) in [6, 6.07) is 23.0. The first-order chi connectivity index (χ1) is 12.8. The first-order valence-electron chi connectivity index (χ1n) is 8.88. The van der Waals surface area contributed by atoms with Crippen LogP contribution < -0.4 is 0 Å². The van der Waals surface area contributed by atoms with Crippen LogP contribution in [0.1, 0.15) is 18.4 Å². The summed E-state index contributed by atoms with van der Waals surface area (Å²) in [4.78, 5) is 4.50. The standard InChI is InChI=1S/C23H18N2O/c1-2-25-20-9-5-3-7-17(20)18-15-16(11-13-21(18)25)12-14-23-24-19-8-4-6-10-22(19)26-23/h3-15H,2H2,1H3/b14-12+. The highest BCUT2D eigenvalue weighted by atomic mass is 16.3. The molecule has 0 aliphatic heterocycles. The molecular formula is C23H18N2O. The molecule has 5 aromatic rings. The summed E-state index contributed by atoms with van der Waals surface area (Å²) in [5, 5.41) is 2.57. The molecule has 0 saturated heterocycles. The normalized spacial score (nSPS) is 12.0. The van der Waals surface area contributed by atoms with Crippen LogP contribution in [0.25, 0.3) is 45.1 Å². The molecule has 2 aromatic heterocycles. The molecule has 26 heavy (non-hydrogen) atoms. The summed E-state index contributed by atoms with van der Waals surface area (Å²) in [5.41, 5.74) is 5.39. The smallest absolute Gasteiger partial charge is 0.220 e. The fraction of sp³-hybridized carbons (Fsp3) is 0.0870. The van der Waals surface area contributed by atoms with Gasteiger partial charge in [-0.3, -0.25) is 0 Å². The zero-order chi connectivity index (χ0) is 17.5. The molecule has 0 unspecified atom stereocenters. The van der Waals surface area contributed by atoms with Crippen molar-refractivity contribution in [3.63, 3.8) is 0 Å². The van der Waals surface area contributed by atoms with E-state index in [2.05, 4.69) is 65.0 Å². The lowest BCUT2D eigenvalue weighted by Gasteiger charge is -2.02. The van der Waals surface area contributed by atoms with Gasteiger partial charge in [0, 0.05) is 34.4 Å². The van der Waals surface area contributed by atoms with Gasteiger partial charge in [-0.2, -0.15) is 0 Å². The van der Waals surface area contributed by atoms with Gasteiger partial charge in [0.1, 0.15) is 5.52 Å². The van der Waals surface area contributed by atoms with Gasteiger partial charge < -0.3 is 8.98 Å². The van der Waals surface area contributed by atoms with E-state index in [1.54, 1.807) is 0 Å². The van der Waals surface area contributed by atoms with Gasteiger partial charge in [0.05, 0.1) is 0 Å².